The fourth-order valence-electron chi connectivity index (χ4n) is 4.41. The second-order valence-corrected chi connectivity index (χ2v) is 9.54. The Morgan fingerprint density at radius 2 is 1.60 bits per heavy atom. The standard InChI is InChI=1S/C29H28N8O2S/c1-38-25-14-12-22(13-15-25)20-30-37-28(33-35(29(37)40)21-34-16-18-39-19-17-34)26-31-27(23-8-4-2-5-9-23)36(32-26)24-10-6-3-7-11-24/h2-15,20H,16-19,21H2,1H3/b30-20-. The molecule has 0 spiro atoms. The summed E-state index contributed by atoms with van der Waals surface area (Å²) < 4.78 is 16.5. The van der Waals surface area contributed by atoms with Crippen LogP contribution in [0.25, 0.3) is 28.7 Å². The van der Waals surface area contributed by atoms with Crippen LogP contribution < -0.4 is 4.74 Å². The molecule has 3 aromatic carbocycles. The van der Waals surface area contributed by atoms with Gasteiger partial charge in [0.05, 0.1) is 38.9 Å². The number of morpholine rings is 1. The Kier molecular flexibility index (Phi) is 7.58. The number of aromatic nitrogens is 6. The quantitative estimate of drug-likeness (QED) is 0.207. The van der Waals surface area contributed by atoms with E-state index in [9.17, 15) is 0 Å². The van der Waals surface area contributed by atoms with Gasteiger partial charge in [-0.15, -0.1) is 10.2 Å². The smallest absolute Gasteiger partial charge is 0.223 e. The first-order valence-electron chi connectivity index (χ1n) is 13.0. The summed E-state index contributed by atoms with van der Waals surface area (Å²) in [5.74, 6) is 2.34. The van der Waals surface area contributed by atoms with Gasteiger partial charge in [-0.05, 0) is 54.2 Å². The van der Waals surface area contributed by atoms with Crippen LogP contribution in [-0.4, -0.2) is 73.7 Å². The Bertz CT molecular complexity index is 1600. The topological polar surface area (TPSA) is 87.5 Å². The molecule has 0 radical (unpaired) electrons. The van der Waals surface area contributed by atoms with Crippen molar-refractivity contribution in [2.45, 2.75) is 6.67 Å². The molecule has 10 nitrogen and oxygen atoms in total. The molecule has 0 bridgehead atoms. The third-order valence-corrected chi connectivity index (χ3v) is 6.92. The Hall–Kier alpha value is -4.45. The molecular formula is C29H28N8O2S. The zero-order valence-electron chi connectivity index (χ0n) is 22.0. The van der Waals surface area contributed by atoms with Gasteiger partial charge in [-0.3, -0.25) is 4.90 Å². The molecular weight excluding hydrogens is 524 g/mol. The fraction of sp³-hybridized carbons (Fsp3) is 0.207. The molecule has 1 aliphatic heterocycles. The van der Waals surface area contributed by atoms with E-state index in [2.05, 4.69) is 4.90 Å². The molecule has 5 aromatic rings. The number of benzene rings is 3. The number of rotatable bonds is 8. The molecule has 3 heterocycles. The van der Waals surface area contributed by atoms with Crippen molar-refractivity contribution in [3.8, 4) is 34.5 Å². The van der Waals surface area contributed by atoms with Gasteiger partial charge in [0.25, 0.3) is 0 Å². The normalized spacial score (nSPS) is 14.1. The first-order chi connectivity index (χ1) is 19.7. The van der Waals surface area contributed by atoms with Gasteiger partial charge in [0, 0.05) is 18.7 Å². The molecule has 0 amide bonds. The minimum atomic E-state index is 0.418. The van der Waals surface area contributed by atoms with E-state index in [1.54, 1.807) is 22.7 Å². The van der Waals surface area contributed by atoms with E-state index < -0.39 is 0 Å². The number of ether oxygens (including phenoxy) is 2. The Morgan fingerprint density at radius 1 is 0.900 bits per heavy atom. The molecule has 2 aromatic heterocycles. The highest BCUT2D eigenvalue weighted by molar-refractivity contribution is 7.71. The summed E-state index contributed by atoms with van der Waals surface area (Å²) >= 11 is 5.87. The van der Waals surface area contributed by atoms with Crippen LogP contribution in [0.1, 0.15) is 5.56 Å². The SMILES string of the molecule is COc1ccc(/C=N\n2c(-c3nc(-c4ccccc4)n(-c4ccccc4)n3)nn(CN3CCOCC3)c2=S)cc1. The molecule has 202 valence electrons. The highest BCUT2D eigenvalue weighted by atomic mass is 32.1. The lowest BCUT2D eigenvalue weighted by Crippen LogP contribution is -2.37. The lowest BCUT2D eigenvalue weighted by molar-refractivity contribution is 0.0210. The van der Waals surface area contributed by atoms with Crippen LogP contribution in [0.4, 0.5) is 0 Å². The first-order valence-corrected chi connectivity index (χ1v) is 13.4. The average Bonchev–Trinajstić information content (AvgIpc) is 3.59. The molecule has 40 heavy (non-hydrogen) atoms. The second kappa shape index (κ2) is 11.7. The van der Waals surface area contributed by atoms with E-state index in [-0.39, 0.29) is 0 Å². The summed E-state index contributed by atoms with van der Waals surface area (Å²) in [6.45, 7) is 3.49. The van der Waals surface area contributed by atoms with Gasteiger partial charge in [0.15, 0.2) is 5.82 Å². The predicted octanol–water partition coefficient (Wildman–Crippen LogP) is 4.51. The van der Waals surface area contributed by atoms with E-state index >= 15 is 0 Å². The van der Waals surface area contributed by atoms with E-state index in [4.69, 9.17) is 42.0 Å². The third-order valence-electron chi connectivity index (χ3n) is 6.53. The molecule has 1 saturated heterocycles. The predicted molar refractivity (Wildman–Crippen MR) is 155 cm³/mol. The third kappa shape index (κ3) is 5.48. The average molecular weight is 553 g/mol. The van der Waals surface area contributed by atoms with Gasteiger partial charge < -0.3 is 9.47 Å². The number of hydrogen-bond donors (Lipinski definition) is 0. The molecule has 11 heteroatoms. The van der Waals surface area contributed by atoms with Crippen molar-refractivity contribution >= 4 is 18.4 Å². The molecule has 1 aliphatic rings. The minimum absolute atomic E-state index is 0.418. The summed E-state index contributed by atoms with van der Waals surface area (Å²) in [5, 5.41) is 14.5. The molecule has 0 atom stereocenters. The van der Waals surface area contributed by atoms with Crippen molar-refractivity contribution in [3.05, 3.63) is 95.3 Å². The van der Waals surface area contributed by atoms with E-state index in [0.717, 1.165) is 35.7 Å². The Morgan fingerprint density at radius 3 is 2.30 bits per heavy atom. The first kappa shape index (κ1) is 25.8. The van der Waals surface area contributed by atoms with E-state index in [1.807, 2.05) is 89.6 Å². The largest absolute Gasteiger partial charge is 0.497 e. The highest BCUT2D eigenvalue weighted by Gasteiger charge is 2.22. The molecule has 0 unspecified atom stereocenters. The fourth-order valence-corrected chi connectivity index (χ4v) is 4.64. The zero-order valence-corrected chi connectivity index (χ0v) is 22.8. The summed E-state index contributed by atoms with van der Waals surface area (Å²) in [5.41, 5.74) is 2.71. The zero-order chi connectivity index (χ0) is 27.3. The van der Waals surface area contributed by atoms with Crippen molar-refractivity contribution in [2.24, 2.45) is 5.10 Å². The summed E-state index contributed by atoms with van der Waals surface area (Å²) in [6.07, 6.45) is 1.74. The number of hydrogen-bond acceptors (Lipinski definition) is 8. The van der Waals surface area contributed by atoms with Crippen LogP contribution in [0.2, 0.25) is 0 Å². The van der Waals surface area contributed by atoms with E-state index in [1.165, 1.54) is 0 Å². The molecule has 0 N–H and O–H groups in total. The van der Waals surface area contributed by atoms with Crippen molar-refractivity contribution in [1.29, 1.82) is 0 Å². The highest BCUT2D eigenvalue weighted by Crippen LogP contribution is 2.25. The van der Waals surface area contributed by atoms with Crippen molar-refractivity contribution < 1.29 is 9.47 Å². The monoisotopic (exact) mass is 552 g/mol. The molecule has 0 saturated carbocycles. The maximum Gasteiger partial charge on any atom is 0.223 e. The van der Waals surface area contributed by atoms with Crippen LogP contribution in [0, 0.1) is 4.77 Å². The van der Waals surface area contributed by atoms with Crippen molar-refractivity contribution in [1.82, 2.24) is 34.1 Å². The number of nitrogens with zero attached hydrogens (tertiary/aromatic N) is 8. The van der Waals surface area contributed by atoms with Gasteiger partial charge in [-0.2, -0.15) is 9.78 Å². The maximum absolute atomic E-state index is 5.87. The van der Waals surface area contributed by atoms with Crippen LogP contribution in [0.5, 0.6) is 5.75 Å². The Balaban J connectivity index is 1.46. The second-order valence-electron chi connectivity index (χ2n) is 9.18. The summed E-state index contributed by atoms with van der Waals surface area (Å²) in [4.78, 5) is 7.20. The van der Waals surface area contributed by atoms with Crippen molar-refractivity contribution in [3.63, 3.8) is 0 Å². The summed E-state index contributed by atoms with van der Waals surface area (Å²) in [6, 6.07) is 27.5. The van der Waals surface area contributed by atoms with Crippen LogP contribution >= 0.6 is 12.2 Å². The number of methoxy groups -OCH3 is 1. The number of para-hydroxylation sites is 1. The van der Waals surface area contributed by atoms with Gasteiger partial charge >= 0.3 is 0 Å². The van der Waals surface area contributed by atoms with Crippen LogP contribution in [0.15, 0.2) is 90.0 Å². The molecule has 1 fully saturated rings. The Labute approximate surface area is 236 Å². The van der Waals surface area contributed by atoms with Crippen molar-refractivity contribution in [2.75, 3.05) is 33.4 Å². The summed E-state index contributed by atoms with van der Waals surface area (Å²) in [7, 11) is 1.64. The van der Waals surface area contributed by atoms with E-state index in [0.29, 0.717) is 42.1 Å². The lowest BCUT2D eigenvalue weighted by atomic mass is 10.2. The van der Waals surface area contributed by atoms with Gasteiger partial charge in [-0.25, -0.2) is 14.3 Å². The van der Waals surface area contributed by atoms with Gasteiger partial charge in [-0.1, -0.05) is 48.5 Å². The lowest BCUT2D eigenvalue weighted by Gasteiger charge is -2.25. The van der Waals surface area contributed by atoms with Crippen LogP contribution in [0.3, 0.4) is 0 Å². The molecule has 0 aliphatic carbocycles. The molecule has 6 rings (SSSR count). The van der Waals surface area contributed by atoms with Gasteiger partial charge in [0.2, 0.25) is 16.4 Å². The minimum Gasteiger partial charge on any atom is -0.497 e. The van der Waals surface area contributed by atoms with Crippen LogP contribution in [-0.2, 0) is 11.4 Å². The maximum atomic E-state index is 5.87. The van der Waals surface area contributed by atoms with Gasteiger partial charge in [0.1, 0.15) is 5.75 Å².